The van der Waals surface area contributed by atoms with Crippen LogP contribution in [0.5, 0.6) is 0 Å². The summed E-state index contributed by atoms with van der Waals surface area (Å²) in [5, 5.41) is 3.96. The lowest BCUT2D eigenvalue weighted by atomic mass is 9.94. The van der Waals surface area contributed by atoms with Gasteiger partial charge in [0.15, 0.2) is 0 Å². The predicted molar refractivity (Wildman–Crippen MR) is 99.7 cm³/mol. The van der Waals surface area contributed by atoms with E-state index in [1.165, 1.54) is 12.3 Å². The number of nitrogens with one attached hydrogen (secondary N) is 1. The Morgan fingerprint density at radius 1 is 1.39 bits per heavy atom. The molecular weight excluding hydrogens is 384 g/mol. The Kier molecular flexibility index (Phi) is 5.16. The van der Waals surface area contributed by atoms with Crippen molar-refractivity contribution in [1.29, 1.82) is 0 Å². The molecule has 1 fully saturated rings. The van der Waals surface area contributed by atoms with Gasteiger partial charge in [-0.1, -0.05) is 16.8 Å². The largest absolute Gasteiger partial charge is 0.339 e. The van der Waals surface area contributed by atoms with Gasteiger partial charge in [0, 0.05) is 38.1 Å². The first-order valence-corrected chi connectivity index (χ1v) is 9.24. The lowest BCUT2D eigenvalue weighted by molar-refractivity contribution is 0.0667. The second-order valence-corrected chi connectivity index (χ2v) is 7.04. The molecule has 144 valence electrons. The predicted octanol–water partition coefficient (Wildman–Crippen LogP) is 1.96. The van der Waals surface area contributed by atoms with Crippen LogP contribution in [0.4, 0.5) is 0 Å². The minimum Gasteiger partial charge on any atom is -0.339 e. The van der Waals surface area contributed by atoms with Crippen molar-refractivity contribution in [3.63, 3.8) is 0 Å². The fourth-order valence-corrected chi connectivity index (χ4v) is 3.45. The van der Waals surface area contributed by atoms with Gasteiger partial charge in [-0.15, -0.1) is 0 Å². The maximum Gasteiger partial charge on any atom is 0.266 e. The third-order valence-electron chi connectivity index (χ3n) is 4.63. The standard InChI is InChI=1S/C18H17ClN6O3/c19-13-7-12(8-22-17(13)26)18(27)25-5-1-2-11(10-25)6-15-23-16(24-28-15)14-9-20-3-4-21-14/h3-4,7-9,11H,1-2,5-6,10H2,(H,22,26)/t11-/m1/s1. The van der Waals surface area contributed by atoms with Gasteiger partial charge in [0.2, 0.25) is 11.7 Å². The number of H-pyrrole nitrogens is 1. The zero-order chi connectivity index (χ0) is 19.5. The van der Waals surface area contributed by atoms with Gasteiger partial charge in [-0.2, -0.15) is 4.98 Å². The normalized spacial score (nSPS) is 16.9. The van der Waals surface area contributed by atoms with E-state index in [-0.39, 0.29) is 16.8 Å². The Morgan fingerprint density at radius 3 is 3.07 bits per heavy atom. The van der Waals surface area contributed by atoms with Crippen LogP contribution in [0.25, 0.3) is 11.5 Å². The fraction of sp³-hybridized carbons (Fsp3) is 0.333. The zero-order valence-corrected chi connectivity index (χ0v) is 15.6. The van der Waals surface area contributed by atoms with Crippen molar-refractivity contribution in [2.75, 3.05) is 13.1 Å². The third kappa shape index (κ3) is 3.94. The fourth-order valence-electron chi connectivity index (χ4n) is 3.28. The Bertz CT molecular complexity index is 1040. The SMILES string of the molecule is O=C(c1c[nH]c(=O)c(Cl)c1)N1CCC[C@H](Cc2nc(-c3cnccn3)no2)C1. The Balaban J connectivity index is 1.43. The molecule has 4 heterocycles. The van der Waals surface area contributed by atoms with E-state index in [4.69, 9.17) is 16.1 Å². The molecule has 3 aromatic rings. The highest BCUT2D eigenvalue weighted by Gasteiger charge is 2.26. The summed E-state index contributed by atoms with van der Waals surface area (Å²) in [5.41, 5.74) is 0.505. The molecular formula is C18H17ClN6O3. The van der Waals surface area contributed by atoms with Crippen molar-refractivity contribution in [3.05, 3.63) is 57.7 Å². The van der Waals surface area contributed by atoms with Crippen LogP contribution in [0.3, 0.4) is 0 Å². The molecule has 0 bridgehead atoms. The smallest absolute Gasteiger partial charge is 0.266 e. The maximum absolute atomic E-state index is 12.7. The molecule has 1 atom stereocenters. The summed E-state index contributed by atoms with van der Waals surface area (Å²) in [7, 11) is 0. The van der Waals surface area contributed by atoms with Crippen molar-refractivity contribution in [2.45, 2.75) is 19.3 Å². The molecule has 0 spiro atoms. The molecule has 1 aliphatic rings. The average Bonchev–Trinajstić information content (AvgIpc) is 3.19. The second-order valence-electron chi connectivity index (χ2n) is 6.63. The molecule has 1 aliphatic heterocycles. The van der Waals surface area contributed by atoms with Gasteiger partial charge in [0.05, 0.1) is 11.8 Å². The number of aromatic amines is 1. The van der Waals surface area contributed by atoms with Gasteiger partial charge >= 0.3 is 0 Å². The number of piperidine rings is 1. The van der Waals surface area contributed by atoms with E-state index in [1.54, 1.807) is 23.5 Å². The van der Waals surface area contributed by atoms with Crippen LogP contribution >= 0.6 is 11.6 Å². The number of pyridine rings is 1. The quantitative estimate of drug-likeness (QED) is 0.711. The molecule has 1 amide bonds. The molecule has 0 aliphatic carbocycles. The van der Waals surface area contributed by atoms with Crippen molar-refractivity contribution in [1.82, 2.24) is 30.0 Å². The third-order valence-corrected chi connectivity index (χ3v) is 4.92. The molecule has 0 unspecified atom stereocenters. The molecule has 9 nitrogen and oxygen atoms in total. The minimum absolute atomic E-state index is 0.00168. The number of nitrogens with zero attached hydrogens (tertiary/aromatic N) is 5. The average molecular weight is 401 g/mol. The van der Waals surface area contributed by atoms with Crippen LogP contribution in [-0.2, 0) is 6.42 Å². The zero-order valence-electron chi connectivity index (χ0n) is 14.8. The van der Waals surface area contributed by atoms with E-state index in [1.807, 2.05) is 0 Å². The van der Waals surface area contributed by atoms with Crippen LogP contribution in [0.1, 0.15) is 29.1 Å². The van der Waals surface area contributed by atoms with E-state index in [0.717, 1.165) is 12.8 Å². The topological polar surface area (TPSA) is 118 Å². The second kappa shape index (κ2) is 7.89. The van der Waals surface area contributed by atoms with Crippen molar-refractivity contribution in [3.8, 4) is 11.5 Å². The van der Waals surface area contributed by atoms with Gasteiger partial charge in [-0.3, -0.25) is 14.6 Å². The molecule has 0 radical (unpaired) electrons. The number of amides is 1. The molecule has 3 aromatic heterocycles. The first-order valence-electron chi connectivity index (χ1n) is 8.86. The van der Waals surface area contributed by atoms with Crippen molar-refractivity contribution < 1.29 is 9.32 Å². The Labute approximate surface area is 164 Å². The minimum atomic E-state index is -0.412. The lowest BCUT2D eigenvalue weighted by Crippen LogP contribution is -2.40. The van der Waals surface area contributed by atoms with Crippen molar-refractivity contribution in [2.24, 2.45) is 5.92 Å². The molecule has 0 aromatic carbocycles. The van der Waals surface area contributed by atoms with Crippen LogP contribution in [0.15, 0.2) is 40.2 Å². The first-order chi connectivity index (χ1) is 13.6. The number of rotatable bonds is 4. The molecule has 10 heteroatoms. The van der Waals surface area contributed by atoms with Gasteiger partial charge in [-0.05, 0) is 24.8 Å². The highest BCUT2D eigenvalue weighted by molar-refractivity contribution is 6.30. The van der Waals surface area contributed by atoms with Crippen molar-refractivity contribution >= 4 is 17.5 Å². The van der Waals surface area contributed by atoms with Crippen LogP contribution in [0.2, 0.25) is 5.02 Å². The monoisotopic (exact) mass is 400 g/mol. The molecule has 4 rings (SSSR count). The molecule has 1 saturated heterocycles. The molecule has 28 heavy (non-hydrogen) atoms. The Hall–Kier alpha value is -3.07. The summed E-state index contributed by atoms with van der Waals surface area (Å²) in [6, 6.07) is 1.40. The van der Waals surface area contributed by atoms with Gasteiger partial charge in [0.25, 0.3) is 11.5 Å². The number of aromatic nitrogens is 5. The number of hydrogen-bond donors (Lipinski definition) is 1. The summed E-state index contributed by atoms with van der Waals surface area (Å²) < 4.78 is 5.34. The number of carbonyl (C=O) groups excluding carboxylic acids is 1. The maximum atomic E-state index is 12.7. The van der Waals surface area contributed by atoms with E-state index < -0.39 is 5.56 Å². The first kappa shape index (κ1) is 18.3. The van der Waals surface area contributed by atoms with E-state index in [0.29, 0.717) is 42.5 Å². The lowest BCUT2D eigenvalue weighted by Gasteiger charge is -2.32. The number of likely N-dealkylation sites (tertiary alicyclic amines) is 1. The molecule has 1 N–H and O–H groups in total. The summed E-state index contributed by atoms with van der Waals surface area (Å²) in [6.45, 7) is 1.22. The van der Waals surface area contributed by atoms with Crippen LogP contribution < -0.4 is 5.56 Å². The summed E-state index contributed by atoms with van der Waals surface area (Å²) in [4.78, 5) is 40.9. The number of halogens is 1. The van der Waals surface area contributed by atoms with E-state index in [2.05, 4.69) is 25.1 Å². The summed E-state index contributed by atoms with van der Waals surface area (Å²) >= 11 is 5.83. The number of carbonyl (C=O) groups is 1. The van der Waals surface area contributed by atoms with Gasteiger partial charge < -0.3 is 14.4 Å². The number of hydrogen-bond acceptors (Lipinski definition) is 7. The highest BCUT2D eigenvalue weighted by atomic mass is 35.5. The summed E-state index contributed by atoms with van der Waals surface area (Å²) in [5.74, 6) is 0.946. The highest BCUT2D eigenvalue weighted by Crippen LogP contribution is 2.23. The van der Waals surface area contributed by atoms with E-state index >= 15 is 0 Å². The van der Waals surface area contributed by atoms with Crippen LogP contribution in [0, 0.1) is 5.92 Å². The van der Waals surface area contributed by atoms with Crippen LogP contribution in [-0.4, -0.2) is 49.0 Å². The van der Waals surface area contributed by atoms with Gasteiger partial charge in [-0.25, -0.2) is 4.98 Å². The van der Waals surface area contributed by atoms with E-state index in [9.17, 15) is 9.59 Å². The Morgan fingerprint density at radius 2 is 2.29 bits per heavy atom. The van der Waals surface area contributed by atoms with Gasteiger partial charge in [0.1, 0.15) is 10.7 Å². The molecule has 0 saturated carbocycles. The summed E-state index contributed by atoms with van der Waals surface area (Å²) in [6.07, 6.45) is 8.52.